The minimum absolute atomic E-state index is 0.220. The second-order valence-electron chi connectivity index (χ2n) is 5.97. The molecule has 1 aliphatic rings. The van der Waals surface area contributed by atoms with E-state index in [1.165, 1.54) is 0 Å². The van der Waals surface area contributed by atoms with Gasteiger partial charge < -0.3 is 0 Å². The average molecular weight is 335 g/mol. The molecule has 0 aliphatic carbocycles. The molecule has 0 spiro atoms. The van der Waals surface area contributed by atoms with Crippen molar-refractivity contribution < 1.29 is 8.42 Å². The maximum atomic E-state index is 11.8. The molecule has 1 saturated heterocycles. The van der Waals surface area contributed by atoms with Crippen LogP contribution in [0.3, 0.4) is 0 Å². The number of nitrogens with zero attached hydrogens (tertiary/aromatic N) is 3. The predicted molar refractivity (Wildman–Crippen MR) is 91.8 cm³/mol. The molecule has 2 rings (SSSR count). The fraction of sp³-hybridized carbons (Fsp3) is 0.588. The summed E-state index contributed by atoms with van der Waals surface area (Å²) in [6.07, 6.45) is 0.678. The summed E-state index contributed by atoms with van der Waals surface area (Å²) in [6.45, 7) is 5.70. The molecular weight excluding hydrogens is 310 g/mol. The van der Waals surface area contributed by atoms with Crippen LogP contribution in [0.4, 0.5) is 0 Å². The lowest BCUT2D eigenvalue weighted by atomic mass is 10.1. The third-order valence-corrected chi connectivity index (χ3v) is 6.08. The monoisotopic (exact) mass is 335 g/mol. The van der Waals surface area contributed by atoms with Crippen LogP contribution >= 0.6 is 0 Å². The van der Waals surface area contributed by atoms with Gasteiger partial charge in [0.25, 0.3) is 0 Å². The number of hydrogen-bond acceptors (Lipinski definition) is 5. The summed E-state index contributed by atoms with van der Waals surface area (Å²) < 4.78 is 23.6. The molecule has 1 aliphatic heterocycles. The van der Waals surface area contributed by atoms with Gasteiger partial charge in [0, 0.05) is 38.5 Å². The SMILES string of the molecule is CCCS(=O)(=O)CCN1CCN([C@H](C#N)c2ccccc2)CC1. The maximum Gasteiger partial charge on any atom is 0.151 e. The molecule has 0 bridgehead atoms. The topological polar surface area (TPSA) is 64.4 Å². The molecular formula is C17H25N3O2S. The highest BCUT2D eigenvalue weighted by Crippen LogP contribution is 2.21. The molecule has 1 aromatic carbocycles. The van der Waals surface area contributed by atoms with E-state index in [9.17, 15) is 13.7 Å². The van der Waals surface area contributed by atoms with Gasteiger partial charge in [0.1, 0.15) is 6.04 Å². The molecule has 1 fully saturated rings. The molecule has 1 aromatic rings. The van der Waals surface area contributed by atoms with Gasteiger partial charge in [-0.05, 0) is 12.0 Å². The van der Waals surface area contributed by atoms with Crippen molar-refractivity contribution in [2.24, 2.45) is 0 Å². The molecule has 23 heavy (non-hydrogen) atoms. The minimum Gasteiger partial charge on any atom is -0.300 e. The van der Waals surface area contributed by atoms with E-state index < -0.39 is 9.84 Å². The summed E-state index contributed by atoms with van der Waals surface area (Å²) in [5.74, 6) is 0.513. The molecule has 1 heterocycles. The number of rotatable bonds is 7. The smallest absolute Gasteiger partial charge is 0.151 e. The van der Waals surface area contributed by atoms with Crippen LogP contribution in [-0.4, -0.2) is 62.4 Å². The first-order valence-electron chi connectivity index (χ1n) is 8.17. The van der Waals surface area contributed by atoms with Gasteiger partial charge in [0.15, 0.2) is 9.84 Å². The van der Waals surface area contributed by atoms with Crippen molar-refractivity contribution in [1.29, 1.82) is 5.26 Å². The van der Waals surface area contributed by atoms with Crippen molar-refractivity contribution in [3.8, 4) is 6.07 Å². The lowest BCUT2D eigenvalue weighted by molar-refractivity contribution is 0.119. The summed E-state index contributed by atoms with van der Waals surface area (Å²) in [4.78, 5) is 4.36. The quantitative estimate of drug-likeness (QED) is 0.759. The Morgan fingerprint density at radius 1 is 1.13 bits per heavy atom. The van der Waals surface area contributed by atoms with Crippen LogP contribution in [0.5, 0.6) is 0 Å². The first-order chi connectivity index (χ1) is 11.1. The Morgan fingerprint density at radius 3 is 2.35 bits per heavy atom. The summed E-state index contributed by atoms with van der Waals surface area (Å²) >= 11 is 0. The minimum atomic E-state index is -2.92. The van der Waals surface area contributed by atoms with E-state index in [1.807, 2.05) is 37.3 Å². The van der Waals surface area contributed by atoms with Crippen LogP contribution in [0, 0.1) is 11.3 Å². The summed E-state index contributed by atoms with van der Waals surface area (Å²) in [7, 11) is -2.92. The average Bonchev–Trinajstić information content (AvgIpc) is 2.56. The standard InChI is InChI=1S/C17H25N3O2S/c1-2-13-23(21,22)14-12-19-8-10-20(11-9-19)17(15-18)16-6-4-3-5-7-16/h3-7,17H,2,8-14H2,1H3/t17-/m1/s1. The first kappa shape index (κ1) is 17.9. The molecule has 5 nitrogen and oxygen atoms in total. The fourth-order valence-corrected chi connectivity index (χ4v) is 4.29. The number of benzene rings is 1. The van der Waals surface area contributed by atoms with Crippen LogP contribution in [0.15, 0.2) is 30.3 Å². The van der Waals surface area contributed by atoms with E-state index in [4.69, 9.17) is 0 Å². The van der Waals surface area contributed by atoms with Crippen molar-refractivity contribution in [3.63, 3.8) is 0 Å². The molecule has 0 unspecified atom stereocenters. The van der Waals surface area contributed by atoms with Crippen molar-refractivity contribution >= 4 is 9.84 Å². The van der Waals surface area contributed by atoms with Gasteiger partial charge in [0.2, 0.25) is 0 Å². The highest BCUT2D eigenvalue weighted by atomic mass is 32.2. The van der Waals surface area contributed by atoms with Gasteiger partial charge in [0.05, 0.1) is 11.8 Å². The van der Waals surface area contributed by atoms with Crippen molar-refractivity contribution in [1.82, 2.24) is 9.80 Å². The zero-order chi connectivity index (χ0) is 16.7. The van der Waals surface area contributed by atoms with Gasteiger partial charge in [-0.2, -0.15) is 5.26 Å². The predicted octanol–water partition coefficient (Wildman–Crippen LogP) is 1.69. The maximum absolute atomic E-state index is 11.8. The Bertz CT molecular complexity index is 617. The van der Waals surface area contributed by atoms with E-state index >= 15 is 0 Å². The van der Waals surface area contributed by atoms with Crippen LogP contribution < -0.4 is 0 Å². The number of nitriles is 1. The zero-order valence-electron chi connectivity index (χ0n) is 13.7. The molecule has 6 heteroatoms. The van der Waals surface area contributed by atoms with Crippen LogP contribution in [0.2, 0.25) is 0 Å². The molecule has 0 N–H and O–H groups in total. The van der Waals surface area contributed by atoms with E-state index in [0.717, 1.165) is 31.7 Å². The largest absolute Gasteiger partial charge is 0.300 e. The Balaban J connectivity index is 1.85. The molecule has 1 atom stereocenters. The lowest BCUT2D eigenvalue weighted by Crippen LogP contribution is -2.48. The number of piperazine rings is 1. The highest BCUT2D eigenvalue weighted by Gasteiger charge is 2.25. The summed E-state index contributed by atoms with van der Waals surface area (Å²) in [5, 5.41) is 9.48. The molecule has 0 amide bonds. The van der Waals surface area contributed by atoms with Crippen LogP contribution in [-0.2, 0) is 9.84 Å². The van der Waals surface area contributed by atoms with E-state index in [-0.39, 0.29) is 17.5 Å². The van der Waals surface area contributed by atoms with Gasteiger partial charge in [-0.3, -0.25) is 9.80 Å². The van der Waals surface area contributed by atoms with Crippen LogP contribution in [0.25, 0.3) is 0 Å². The third-order valence-electron chi connectivity index (χ3n) is 4.24. The van der Waals surface area contributed by atoms with Crippen molar-refractivity contribution in [3.05, 3.63) is 35.9 Å². The third kappa shape index (κ3) is 5.31. The highest BCUT2D eigenvalue weighted by molar-refractivity contribution is 7.91. The molecule has 0 radical (unpaired) electrons. The Morgan fingerprint density at radius 2 is 1.78 bits per heavy atom. The molecule has 0 aromatic heterocycles. The second-order valence-corrected chi connectivity index (χ2v) is 8.28. The lowest BCUT2D eigenvalue weighted by Gasteiger charge is -2.37. The van der Waals surface area contributed by atoms with Gasteiger partial charge in [-0.1, -0.05) is 37.3 Å². The Labute approximate surface area is 139 Å². The van der Waals surface area contributed by atoms with Gasteiger partial charge in [-0.15, -0.1) is 0 Å². The van der Waals surface area contributed by atoms with E-state index in [0.29, 0.717) is 13.0 Å². The Hall–Kier alpha value is -1.42. The molecule has 126 valence electrons. The van der Waals surface area contributed by atoms with E-state index in [2.05, 4.69) is 15.9 Å². The molecule has 0 saturated carbocycles. The first-order valence-corrected chi connectivity index (χ1v) is 9.99. The second kappa shape index (κ2) is 8.44. The summed E-state index contributed by atoms with van der Waals surface area (Å²) in [5.41, 5.74) is 1.02. The fourth-order valence-electron chi connectivity index (χ4n) is 2.93. The number of sulfone groups is 1. The van der Waals surface area contributed by atoms with Gasteiger partial charge in [-0.25, -0.2) is 8.42 Å². The summed E-state index contributed by atoms with van der Waals surface area (Å²) in [6, 6.07) is 12.0. The Kier molecular flexibility index (Phi) is 6.58. The zero-order valence-corrected chi connectivity index (χ0v) is 14.5. The van der Waals surface area contributed by atoms with Crippen LogP contribution in [0.1, 0.15) is 24.9 Å². The van der Waals surface area contributed by atoms with Gasteiger partial charge >= 0.3 is 0 Å². The normalized spacial score (nSPS) is 18.4. The number of hydrogen-bond donors (Lipinski definition) is 0. The van der Waals surface area contributed by atoms with Crippen molar-refractivity contribution in [2.75, 3.05) is 44.2 Å². The van der Waals surface area contributed by atoms with Crippen molar-refractivity contribution in [2.45, 2.75) is 19.4 Å². The van der Waals surface area contributed by atoms with E-state index in [1.54, 1.807) is 0 Å².